The average Bonchev–Trinajstić information content (AvgIpc) is 3.10. The first-order valence-corrected chi connectivity index (χ1v) is 8.75. The van der Waals surface area contributed by atoms with E-state index in [2.05, 4.69) is 10.4 Å². The number of hydrogen-bond acceptors (Lipinski definition) is 6. The molecule has 7 nitrogen and oxygen atoms in total. The molecule has 3 rings (SSSR count). The number of hydrazone groups is 1. The number of nitrogens with one attached hydrogen (secondary N) is 1. The number of benzene rings is 2. The van der Waals surface area contributed by atoms with E-state index in [1.165, 1.54) is 0 Å². The second kappa shape index (κ2) is 8.44. The Labute approximate surface area is 158 Å². The van der Waals surface area contributed by atoms with E-state index in [9.17, 15) is 4.79 Å². The highest BCUT2D eigenvalue weighted by Gasteiger charge is 2.20. The number of amides is 1. The number of anilines is 2. The van der Waals surface area contributed by atoms with E-state index in [-0.39, 0.29) is 25.5 Å². The molecule has 27 heavy (non-hydrogen) atoms. The van der Waals surface area contributed by atoms with Gasteiger partial charge in [0.25, 0.3) is 0 Å². The zero-order valence-electron chi connectivity index (χ0n) is 15.6. The molecular weight excluding hydrogens is 346 g/mol. The Kier molecular flexibility index (Phi) is 5.80. The van der Waals surface area contributed by atoms with E-state index in [4.69, 9.17) is 14.2 Å². The van der Waals surface area contributed by atoms with E-state index < -0.39 is 6.09 Å². The Morgan fingerprint density at radius 2 is 2.04 bits per heavy atom. The quantitative estimate of drug-likeness (QED) is 0.854. The maximum absolute atomic E-state index is 12.0. The first kappa shape index (κ1) is 18.6. The molecule has 0 aromatic heterocycles. The molecular formula is C20H23N3O4. The van der Waals surface area contributed by atoms with Crippen molar-refractivity contribution in [3.63, 3.8) is 0 Å². The molecule has 1 aliphatic heterocycles. The van der Waals surface area contributed by atoms with Gasteiger partial charge < -0.3 is 14.2 Å². The molecule has 1 aliphatic rings. The fourth-order valence-corrected chi connectivity index (χ4v) is 2.48. The lowest BCUT2D eigenvalue weighted by Gasteiger charge is -2.14. The molecule has 1 N–H and O–H groups in total. The molecule has 2 aromatic rings. The van der Waals surface area contributed by atoms with E-state index in [1.807, 2.05) is 69.3 Å². The lowest BCUT2D eigenvalue weighted by molar-refractivity contribution is 0.146. The summed E-state index contributed by atoms with van der Waals surface area (Å²) in [5, 5.41) is 8.75. The van der Waals surface area contributed by atoms with Gasteiger partial charge in [-0.2, -0.15) is 0 Å². The van der Waals surface area contributed by atoms with E-state index >= 15 is 0 Å². The fraction of sp³-hybridized carbons (Fsp3) is 0.300. The highest BCUT2D eigenvalue weighted by molar-refractivity contribution is 5.86. The van der Waals surface area contributed by atoms with Gasteiger partial charge in [0.2, 0.25) is 0 Å². The van der Waals surface area contributed by atoms with Crippen LogP contribution in [0.3, 0.4) is 0 Å². The third-order valence-electron chi connectivity index (χ3n) is 3.81. The largest absolute Gasteiger partial charge is 0.447 e. The standard InChI is InChI=1S/C20H23N3O4/c1-14(2)27-20-22-23(13-26-20)17-9-10-18(15(3)11-17)21-19(24)25-12-16-7-5-4-6-8-16/h4-11,14H,12-13H2,1-3H3,(H,21,24). The summed E-state index contributed by atoms with van der Waals surface area (Å²) in [5.41, 5.74) is 3.35. The number of carbonyl (C=O) groups is 1. The molecule has 2 aromatic carbocycles. The molecule has 1 heterocycles. The summed E-state index contributed by atoms with van der Waals surface area (Å²) in [6.45, 7) is 6.24. The first-order chi connectivity index (χ1) is 13.0. The van der Waals surface area contributed by atoms with Gasteiger partial charge in [-0.3, -0.25) is 5.32 Å². The summed E-state index contributed by atoms with van der Waals surface area (Å²) in [4.78, 5) is 12.0. The lowest BCUT2D eigenvalue weighted by Crippen LogP contribution is -2.16. The van der Waals surface area contributed by atoms with Crippen LogP contribution in [0.5, 0.6) is 0 Å². The minimum Gasteiger partial charge on any atom is -0.447 e. The summed E-state index contributed by atoms with van der Waals surface area (Å²) in [6.07, 6.45) is -0.238. The van der Waals surface area contributed by atoms with Crippen LogP contribution in [0.1, 0.15) is 25.0 Å². The number of ether oxygens (including phenoxy) is 3. The molecule has 0 fully saturated rings. The van der Waals surface area contributed by atoms with Crippen LogP contribution in [0, 0.1) is 6.92 Å². The first-order valence-electron chi connectivity index (χ1n) is 8.75. The maximum atomic E-state index is 12.0. The van der Waals surface area contributed by atoms with Crippen molar-refractivity contribution in [2.24, 2.45) is 5.10 Å². The van der Waals surface area contributed by atoms with Gasteiger partial charge in [-0.15, -0.1) is 0 Å². The predicted molar refractivity (Wildman–Crippen MR) is 104 cm³/mol. The van der Waals surface area contributed by atoms with Crippen LogP contribution in [0.15, 0.2) is 53.6 Å². The van der Waals surface area contributed by atoms with Gasteiger partial charge in [-0.1, -0.05) is 35.4 Å². The number of aryl methyl sites for hydroxylation is 1. The highest BCUT2D eigenvalue weighted by atomic mass is 16.7. The van der Waals surface area contributed by atoms with Crippen LogP contribution in [0.4, 0.5) is 16.2 Å². The topological polar surface area (TPSA) is 72.4 Å². The summed E-state index contributed by atoms with van der Waals surface area (Å²) in [6, 6.07) is 15.1. The second-order valence-electron chi connectivity index (χ2n) is 6.39. The van der Waals surface area contributed by atoms with Crippen LogP contribution in [-0.2, 0) is 20.8 Å². The Morgan fingerprint density at radius 3 is 2.74 bits per heavy atom. The zero-order chi connectivity index (χ0) is 19.2. The average molecular weight is 369 g/mol. The molecule has 0 saturated heterocycles. The van der Waals surface area contributed by atoms with Crippen molar-refractivity contribution in [3.05, 3.63) is 59.7 Å². The van der Waals surface area contributed by atoms with Gasteiger partial charge in [0.15, 0.2) is 6.73 Å². The van der Waals surface area contributed by atoms with Crippen molar-refractivity contribution in [2.75, 3.05) is 17.1 Å². The summed E-state index contributed by atoms with van der Waals surface area (Å²) < 4.78 is 16.1. The third-order valence-corrected chi connectivity index (χ3v) is 3.81. The van der Waals surface area contributed by atoms with Crippen LogP contribution in [0.2, 0.25) is 0 Å². The minimum absolute atomic E-state index is 0.00101. The van der Waals surface area contributed by atoms with Gasteiger partial charge in [-0.05, 0) is 50.1 Å². The third kappa shape index (κ3) is 5.13. The monoisotopic (exact) mass is 369 g/mol. The van der Waals surface area contributed by atoms with Crippen molar-refractivity contribution in [1.82, 2.24) is 0 Å². The lowest BCUT2D eigenvalue weighted by atomic mass is 10.2. The Bertz CT molecular complexity index is 821. The summed E-state index contributed by atoms with van der Waals surface area (Å²) in [7, 11) is 0. The van der Waals surface area contributed by atoms with Gasteiger partial charge in [0.1, 0.15) is 6.61 Å². The van der Waals surface area contributed by atoms with Gasteiger partial charge in [0, 0.05) is 5.69 Å². The van der Waals surface area contributed by atoms with Crippen molar-refractivity contribution >= 4 is 23.6 Å². The van der Waals surface area contributed by atoms with Gasteiger partial charge >= 0.3 is 12.2 Å². The molecule has 0 unspecified atom stereocenters. The minimum atomic E-state index is -0.496. The zero-order valence-corrected chi connectivity index (χ0v) is 15.6. The van der Waals surface area contributed by atoms with E-state index in [0.717, 1.165) is 16.8 Å². The SMILES string of the molecule is Cc1cc(N2COC(OC(C)C)=N2)ccc1NC(=O)OCc1ccccc1. The van der Waals surface area contributed by atoms with Gasteiger partial charge in [0.05, 0.1) is 11.8 Å². The van der Waals surface area contributed by atoms with E-state index in [1.54, 1.807) is 5.01 Å². The van der Waals surface area contributed by atoms with Crippen molar-refractivity contribution in [2.45, 2.75) is 33.5 Å². The van der Waals surface area contributed by atoms with Crippen LogP contribution in [0.25, 0.3) is 0 Å². The number of rotatable bonds is 5. The molecule has 0 saturated carbocycles. The fourth-order valence-electron chi connectivity index (χ4n) is 2.48. The number of nitrogens with zero attached hydrogens (tertiary/aromatic N) is 2. The van der Waals surface area contributed by atoms with E-state index in [0.29, 0.717) is 5.69 Å². The number of carbonyl (C=O) groups excluding carboxylic acids is 1. The molecule has 0 atom stereocenters. The van der Waals surface area contributed by atoms with Crippen LogP contribution < -0.4 is 10.3 Å². The summed E-state index contributed by atoms with van der Waals surface area (Å²) in [5.74, 6) is 0. The van der Waals surface area contributed by atoms with Crippen molar-refractivity contribution in [3.8, 4) is 0 Å². The Hall–Kier alpha value is -3.22. The molecule has 0 aliphatic carbocycles. The summed E-state index contributed by atoms with van der Waals surface area (Å²) >= 11 is 0. The van der Waals surface area contributed by atoms with Crippen molar-refractivity contribution < 1.29 is 19.0 Å². The Morgan fingerprint density at radius 1 is 1.26 bits per heavy atom. The highest BCUT2D eigenvalue weighted by Crippen LogP contribution is 2.25. The van der Waals surface area contributed by atoms with Gasteiger partial charge in [-0.25, -0.2) is 9.80 Å². The van der Waals surface area contributed by atoms with Crippen molar-refractivity contribution in [1.29, 1.82) is 0 Å². The van der Waals surface area contributed by atoms with Crippen LogP contribution >= 0.6 is 0 Å². The molecule has 1 amide bonds. The molecule has 0 spiro atoms. The molecule has 0 bridgehead atoms. The smallest absolute Gasteiger partial charge is 0.411 e. The second-order valence-corrected chi connectivity index (χ2v) is 6.39. The number of hydrogen-bond donors (Lipinski definition) is 1. The molecule has 142 valence electrons. The normalized spacial score (nSPS) is 13.2. The predicted octanol–water partition coefficient (Wildman–Crippen LogP) is 4.23. The van der Waals surface area contributed by atoms with Crippen LogP contribution in [-0.4, -0.2) is 25.0 Å². The Balaban J connectivity index is 1.58. The molecule has 0 radical (unpaired) electrons. The molecule has 7 heteroatoms. The maximum Gasteiger partial charge on any atom is 0.411 e.